The number of benzene rings is 2. The summed E-state index contributed by atoms with van der Waals surface area (Å²) in [5.74, 6) is -2.67. The first kappa shape index (κ1) is 6.51. The highest BCUT2D eigenvalue weighted by molar-refractivity contribution is 5.42. The topological polar surface area (TPSA) is 47.9 Å². The fourth-order valence-electron chi connectivity index (χ4n) is 1.81. The maximum Gasteiger partial charge on any atom is 0.160 e. The second-order valence-corrected chi connectivity index (χ2v) is 4.85. The Morgan fingerprint density at radius 2 is 1.96 bits per heavy atom. The third kappa shape index (κ3) is 6.31. The van der Waals surface area contributed by atoms with Crippen molar-refractivity contribution in [3.05, 3.63) is 53.4 Å². The second-order valence-electron chi connectivity index (χ2n) is 4.85. The minimum Gasteiger partial charge on any atom is -0.493 e. The van der Waals surface area contributed by atoms with Gasteiger partial charge in [0.2, 0.25) is 0 Å². The zero-order chi connectivity index (χ0) is 32.7. The van der Waals surface area contributed by atoms with Crippen LogP contribution in [0.5, 0.6) is 17.2 Å². The zero-order valence-corrected chi connectivity index (χ0v) is 13.4. The summed E-state index contributed by atoms with van der Waals surface area (Å²) >= 11 is 0. The normalized spacial score (nSPS) is 23.8. The molecule has 0 aliphatic heterocycles. The first-order valence-corrected chi connectivity index (χ1v) is 7.27. The molecule has 0 amide bonds. The van der Waals surface area contributed by atoms with Gasteiger partial charge in [-0.3, -0.25) is 0 Å². The summed E-state index contributed by atoms with van der Waals surface area (Å²) in [4.78, 5) is 0. The van der Waals surface area contributed by atoms with Crippen LogP contribution in [0, 0.1) is 6.92 Å². The van der Waals surface area contributed by atoms with Gasteiger partial charge in [0, 0.05) is 2.74 Å². The van der Waals surface area contributed by atoms with E-state index in [-0.39, 0.29) is 24.0 Å². The van der Waals surface area contributed by atoms with E-state index in [2.05, 4.69) is 4.74 Å². The number of methoxy groups -OCH3 is 2. The summed E-state index contributed by atoms with van der Waals surface area (Å²) in [6.45, 7) is -1.96. The van der Waals surface area contributed by atoms with Crippen LogP contribution in [0.1, 0.15) is 53.6 Å². The summed E-state index contributed by atoms with van der Waals surface area (Å²) < 4.78 is 147. The van der Waals surface area contributed by atoms with Gasteiger partial charge >= 0.3 is 0 Å². The Morgan fingerprint density at radius 1 is 1.12 bits per heavy atom. The Bertz CT molecular complexity index is 1290. The van der Waals surface area contributed by atoms with Crippen molar-refractivity contribution in [3.8, 4) is 17.2 Å². The average molecular weight is 362 g/mol. The van der Waals surface area contributed by atoms with Crippen LogP contribution in [0.3, 0.4) is 0 Å². The first-order chi connectivity index (χ1) is 18.8. The summed E-state index contributed by atoms with van der Waals surface area (Å²) in [6.07, 6.45) is -6.62. The summed E-state index contributed by atoms with van der Waals surface area (Å²) in [7, 11) is -6.37. The van der Waals surface area contributed by atoms with Crippen LogP contribution in [0.25, 0.3) is 0 Å². The van der Waals surface area contributed by atoms with Crippen molar-refractivity contribution in [2.24, 2.45) is 0 Å². The molecule has 0 aliphatic rings. The molecule has 0 aromatic heterocycles. The molecule has 1 atom stereocenters. The lowest BCUT2D eigenvalue weighted by Gasteiger charge is -2.13. The van der Waals surface area contributed by atoms with Crippen molar-refractivity contribution >= 4 is 0 Å². The molecule has 0 fully saturated rings. The summed E-state index contributed by atoms with van der Waals surface area (Å²) in [5.41, 5.74) is -0.420. The van der Waals surface area contributed by atoms with Crippen LogP contribution in [-0.2, 0) is 6.42 Å². The smallest absolute Gasteiger partial charge is 0.160 e. The molecule has 1 unspecified atom stereocenters. The predicted molar refractivity (Wildman–Crippen MR) is 99.8 cm³/mol. The fraction of sp³-hybridized carbons (Fsp3) is 0.429. The Labute approximate surface area is 174 Å². The van der Waals surface area contributed by atoms with E-state index < -0.39 is 99.1 Å². The fourth-order valence-corrected chi connectivity index (χ4v) is 1.81. The van der Waals surface area contributed by atoms with E-state index in [9.17, 15) is 5.11 Å². The van der Waals surface area contributed by atoms with Crippen molar-refractivity contribution < 1.29 is 42.6 Å². The lowest BCUT2D eigenvalue weighted by atomic mass is 10.0. The molecule has 0 saturated heterocycles. The second kappa shape index (κ2) is 9.94. The highest BCUT2D eigenvalue weighted by atomic mass is 16.5. The molecular weight excluding hydrogens is 316 g/mol. The van der Waals surface area contributed by atoms with Gasteiger partial charge in [0.25, 0.3) is 0 Å². The van der Waals surface area contributed by atoms with E-state index in [0.717, 1.165) is 0 Å². The standard InChI is InChI=1S/C21H28O4/c1-16-7-6-10-19(13-16)25-15-18(22)9-5-4-8-17-11-12-20(23-2)21(14-17)24-3/h6-7,10-14,18,22H,4-5,8-9,15H2,1-3H3/i2D3,3D3,6D,7D,9D2,10D,11D,12D,13D,14D,15D2. The van der Waals surface area contributed by atoms with Gasteiger partial charge in [-0.05, 0) is 61.4 Å². The van der Waals surface area contributed by atoms with Crippen LogP contribution in [-0.4, -0.2) is 31.8 Å². The van der Waals surface area contributed by atoms with Crippen molar-refractivity contribution in [1.82, 2.24) is 0 Å². The van der Waals surface area contributed by atoms with Gasteiger partial charge in [-0.15, -0.1) is 0 Å². The van der Waals surface area contributed by atoms with Gasteiger partial charge in [0.05, 0.1) is 40.7 Å². The van der Waals surface area contributed by atoms with E-state index in [1.165, 1.54) is 6.92 Å². The molecule has 0 aliphatic carbocycles. The molecule has 0 spiro atoms. The van der Waals surface area contributed by atoms with Crippen molar-refractivity contribution in [1.29, 1.82) is 0 Å². The van der Waals surface area contributed by atoms with Gasteiger partial charge in [-0.25, -0.2) is 0 Å². The molecule has 4 nitrogen and oxygen atoms in total. The Hall–Kier alpha value is -2.20. The SMILES string of the molecule is [2H]c1c([2H])c(C)c([2H])c(OC([2H])([2H])C(O)C([2H])([2H])CCCc2c([2H])c([2H])c(OC([2H])([2H])[2H])c(OC([2H])([2H])[2H])c2[2H])c1[2H]. The van der Waals surface area contributed by atoms with Crippen LogP contribution < -0.4 is 14.2 Å². The predicted octanol–water partition coefficient (Wildman–Crippen LogP) is 4.16. The molecule has 1 N–H and O–H groups in total. The molecule has 0 radical (unpaired) electrons. The number of hydrogen-bond donors (Lipinski definition) is 1. The molecule has 0 bridgehead atoms. The maximum atomic E-state index is 10.6. The van der Waals surface area contributed by atoms with Gasteiger partial charge in [0.15, 0.2) is 11.5 Å². The third-order valence-electron chi connectivity index (χ3n) is 2.94. The largest absolute Gasteiger partial charge is 0.493 e. The number of ether oxygens (including phenoxy) is 3. The third-order valence-corrected chi connectivity index (χ3v) is 2.94. The van der Waals surface area contributed by atoms with E-state index in [4.69, 9.17) is 32.8 Å². The average Bonchev–Trinajstić information content (AvgIpc) is 2.85. The molecule has 4 heteroatoms. The lowest BCUT2D eigenvalue weighted by Crippen LogP contribution is -2.17. The van der Waals surface area contributed by atoms with Crippen molar-refractivity contribution in [2.75, 3.05) is 20.6 Å². The van der Waals surface area contributed by atoms with E-state index >= 15 is 0 Å². The number of hydrogen-bond acceptors (Lipinski definition) is 4. The molecule has 2 aromatic carbocycles. The number of rotatable bonds is 10. The summed E-state index contributed by atoms with van der Waals surface area (Å²) in [5, 5.41) is 10.6. The first-order valence-electron chi connectivity index (χ1n) is 15.8. The van der Waals surface area contributed by atoms with Crippen LogP contribution in [0.4, 0.5) is 0 Å². The minimum atomic E-state index is -3.23. The highest BCUT2D eigenvalue weighted by Gasteiger charge is 2.07. The highest BCUT2D eigenvalue weighted by Crippen LogP contribution is 2.28. The van der Waals surface area contributed by atoms with Gasteiger partial charge in [-0.1, -0.05) is 24.5 Å². The molecule has 0 saturated carbocycles. The number of aliphatic hydroxyl groups excluding tert-OH is 1. The van der Waals surface area contributed by atoms with Crippen LogP contribution >= 0.6 is 0 Å². The Morgan fingerprint density at radius 3 is 2.80 bits per heavy atom. The Kier molecular flexibility index (Phi) is 2.59. The minimum absolute atomic E-state index is 0.0948. The molecule has 2 aromatic rings. The monoisotopic (exact) mass is 361 g/mol. The van der Waals surface area contributed by atoms with E-state index in [1.807, 2.05) is 0 Å². The summed E-state index contributed by atoms with van der Waals surface area (Å²) in [6, 6.07) is -4.91. The van der Waals surface area contributed by atoms with Gasteiger partial charge in [0.1, 0.15) is 12.3 Å². The van der Waals surface area contributed by atoms with Gasteiger partial charge < -0.3 is 19.3 Å². The molecule has 136 valence electrons. The lowest BCUT2D eigenvalue weighted by molar-refractivity contribution is 0.0976. The van der Waals surface area contributed by atoms with Crippen LogP contribution in [0.15, 0.2) is 42.3 Å². The number of aliphatic hydroxyl groups is 1. The quantitative estimate of drug-likeness (QED) is 0.690. The molecule has 0 heterocycles. The van der Waals surface area contributed by atoms with Crippen molar-refractivity contribution in [2.45, 2.75) is 38.7 Å². The molecule has 2 rings (SSSR count). The van der Waals surface area contributed by atoms with Crippen molar-refractivity contribution in [3.63, 3.8) is 0 Å². The van der Waals surface area contributed by atoms with E-state index in [0.29, 0.717) is 0 Å². The zero-order valence-electron chi connectivity index (χ0n) is 30.4. The molecular formula is C21H28O4. The van der Waals surface area contributed by atoms with E-state index in [1.54, 1.807) is 0 Å². The van der Waals surface area contributed by atoms with Gasteiger partial charge in [-0.2, -0.15) is 0 Å². The molecule has 25 heavy (non-hydrogen) atoms. The van der Waals surface area contributed by atoms with Crippen LogP contribution in [0.2, 0.25) is 0 Å². The Balaban J connectivity index is 2.34. The maximum absolute atomic E-state index is 10.6.